The molecule has 0 atom stereocenters. The van der Waals surface area contributed by atoms with Gasteiger partial charge in [0, 0.05) is 20.1 Å². The molecule has 0 saturated heterocycles. The monoisotopic (exact) mass is 1290 g/mol. The Hall–Kier alpha value is -4.83. The SMILES string of the molecule is Fc1c(F)c(Cl)c(Cl)c([B-](c2c(F)c(F)c(F)c(Cl)c2Cl)(c2c(F)c(F)c(F)c(Cl)c2Cl)c2c(F)c(F)c(F)c(Cl)c2Cl)c1F.c1ccc(OCCOCCOCCOc2ccccc2[S+](c2ccccc2)c2ccccc2)cc1. The Morgan fingerprint density at radius 1 is 0.300 bits per heavy atom. The largest absolute Gasteiger partial charge is 0.491 e. The van der Waals surface area contributed by atoms with E-state index in [1.165, 1.54) is 14.7 Å². The maximum Gasteiger partial charge on any atom is 0.208 e. The molecule has 80 heavy (non-hydrogen) atoms. The lowest BCUT2D eigenvalue weighted by Crippen LogP contribution is -2.79. The van der Waals surface area contributed by atoms with Crippen LogP contribution in [-0.2, 0) is 20.4 Å². The zero-order valence-corrected chi connectivity index (χ0v) is 46.8. The van der Waals surface area contributed by atoms with Crippen LogP contribution in [0.3, 0.4) is 0 Å². The summed E-state index contributed by atoms with van der Waals surface area (Å²) in [5.74, 6) is -29.5. The number of ether oxygens (including phenoxy) is 4. The third-order valence-electron chi connectivity index (χ3n) is 11.8. The Morgan fingerprint density at radius 3 is 0.938 bits per heavy atom. The average Bonchev–Trinajstić information content (AvgIpc) is 3.66. The van der Waals surface area contributed by atoms with Gasteiger partial charge in [-0.05, 0) is 48.5 Å². The molecule has 0 spiro atoms. The summed E-state index contributed by atoms with van der Waals surface area (Å²) >= 11 is 46.6. The summed E-state index contributed by atoms with van der Waals surface area (Å²) in [6.45, 7) is 3.09. The van der Waals surface area contributed by atoms with Crippen molar-refractivity contribution in [3.8, 4) is 11.5 Å². The molecule has 0 aliphatic rings. The number of benzene rings is 8. The molecular weight excluding hydrogens is 1270 g/mol. The summed E-state index contributed by atoms with van der Waals surface area (Å²) < 4.78 is 206. The molecule has 0 heterocycles. The minimum atomic E-state index is -5.62. The van der Waals surface area contributed by atoms with E-state index >= 15 is 35.1 Å². The molecule has 0 saturated carbocycles. The molecule has 8 aromatic carbocycles. The van der Waals surface area contributed by atoms with E-state index in [-0.39, 0.29) is 10.9 Å². The van der Waals surface area contributed by atoms with Crippen molar-refractivity contribution < 1.29 is 71.6 Å². The van der Waals surface area contributed by atoms with E-state index in [0.717, 1.165) is 11.5 Å². The van der Waals surface area contributed by atoms with Crippen LogP contribution in [-0.4, -0.2) is 45.8 Å². The van der Waals surface area contributed by atoms with Crippen LogP contribution < -0.4 is 31.3 Å². The van der Waals surface area contributed by atoms with Crippen LogP contribution in [0.2, 0.25) is 40.2 Å². The Morgan fingerprint density at radius 2 is 0.588 bits per heavy atom. The molecule has 0 radical (unpaired) electrons. The highest BCUT2D eigenvalue weighted by atomic mass is 35.5. The van der Waals surface area contributed by atoms with Gasteiger partial charge in [0.05, 0.1) is 46.5 Å². The summed E-state index contributed by atoms with van der Waals surface area (Å²) in [5, 5.41) is -13.9. The number of halogens is 20. The van der Waals surface area contributed by atoms with Gasteiger partial charge in [0.15, 0.2) is 62.1 Å². The fraction of sp³-hybridized carbons (Fsp3) is 0.111. The third kappa shape index (κ3) is 12.4. The van der Waals surface area contributed by atoms with Crippen molar-refractivity contribution in [2.24, 2.45) is 0 Å². The van der Waals surface area contributed by atoms with Crippen molar-refractivity contribution in [1.82, 2.24) is 0 Å². The smallest absolute Gasteiger partial charge is 0.208 e. The summed E-state index contributed by atoms with van der Waals surface area (Å²) in [5.41, 5.74) is -8.47. The average molecular weight is 1300 g/mol. The Bertz CT molecular complexity index is 3130. The van der Waals surface area contributed by atoms with Gasteiger partial charge in [0.1, 0.15) is 59.3 Å². The van der Waals surface area contributed by atoms with Crippen molar-refractivity contribution in [1.29, 1.82) is 0 Å². The first-order valence-electron chi connectivity index (χ1n) is 22.7. The standard InChI is InChI=1S/C30H31O4S.C24BCl8F12/c1-4-12-26(13-5-1)33-24-22-31-20-21-32-23-25-34-29-18-10-11-19-30(29)35(27-14-6-2-7-15-27)28-16-8-3-9-17-28;26-5-1(13(34)21(42)17(38)9(5)30)25(2-6(27)10(31)18(39)22(43)14(2)35,3-7(28)11(32)19(40)23(44)15(3)36)4-8(29)12(33)20(41)24(45)16(4)37/h1-19H,20-25H2;/q+1;-1. The van der Waals surface area contributed by atoms with Gasteiger partial charge in [0.25, 0.3) is 0 Å². The van der Waals surface area contributed by atoms with Crippen LogP contribution >= 0.6 is 92.8 Å². The number of para-hydroxylation sites is 2. The second-order valence-electron chi connectivity index (χ2n) is 16.4. The predicted octanol–water partition coefficient (Wildman–Crippen LogP) is 16.2. The predicted molar refractivity (Wildman–Crippen MR) is 290 cm³/mol. The van der Waals surface area contributed by atoms with E-state index < -0.39 is 138 Å². The van der Waals surface area contributed by atoms with E-state index in [0.29, 0.717) is 39.6 Å². The molecule has 0 aromatic heterocycles. The molecule has 0 bridgehead atoms. The van der Waals surface area contributed by atoms with Crippen LogP contribution in [0.15, 0.2) is 130 Å². The molecule has 8 aromatic rings. The highest BCUT2D eigenvalue weighted by Crippen LogP contribution is 2.41. The molecule has 0 fully saturated rings. The van der Waals surface area contributed by atoms with Crippen LogP contribution in [0.25, 0.3) is 0 Å². The second-order valence-corrected chi connectivity index (χ2v) is 21.4. The highest BCUT2D eigenvalue weighted by molar-refractivity contribution is 7.97. The first-order chi connectivity index (χ1) is 38.1. The van der Waals surface area contributed by atoms with Gasteiger partial charge >= 0.3 is 0 Å². The van der Waals surface area contributed by atoms with Crippen molar-refractivity contribution in [2.75, 3.05) is 39.6 Å². The van der Waals surface area contributed by atoms with Crippen LogP contribution in [0.1, 0.15) is 0 Å². The molecule has 420 valence electrons. The highest BCUT2D eigenvalue weighted by Gasteiger charge is 2.50. The van der Waals surface area contributed by atoms with E-state index in [4.69, 9.17) is 112 Å². The Balaban J connectivity index is 0.000000238. The van der Waals surface area contributed by atoms with E-state index in [2.05, 4.69) is 72.8 Å². The fourth-order valence-electron chi connectivity index (χ4n) is 8.38. The van der Waals surface area contributed by atoms with Crippen molar-refractivity contribution in [3.05, 3.63) is 225 Å². The van der Waals surface area contributed by atoms with Crippen molar-refractivity contribution in [2.45, 2.75) is 14.7 Å². The number of rotatable bonds is 18. The molecule has 0 amide bonds. The van der Waals surface area contributed by atoms with E-state index in [9.17, 15) is 17.6 Å². The molecule has 0 aliphatic heterocycles. The van der Waals surface area contributed by atoms with Gasteiger partial charge < -0.3 is 18.9 Å². The number of hydrogen-bond donors (Lipinski definition) is 0. The molecule has 4 nitrogen and oxygen atoms in total. The molecule has 8 rings (SSSR count). The summed E-state index contributed by atoms with van der Waals surface area (Å²) in [6, 6.07) is 39.2. The van der Waals surface area contributed by atoms with Gasteiger partial charge in [-0.25, -0.2) is 52.7 Å². The minimum absolute atomic E-state index is 0.251. The summed E-state index contributed by atoms with van der Waals surface area (Å²) in [6.07, 6.45) is -5.62. The second kappa shape index (κ2) is 27.5. The number of hydrogen-bond acceptors (Lipinski definition) is 4. The lowest BCUT2D eigenvalue weighted by Gasteiger charge is -2.46. The fourth-order valence-corrected chi connectivity index (χ4v) is 12.6. The Kier molecular flexibility index (Phi) is 21.6. The van der Waals surface area contributed by atoms with Crippen molar-refractivity contribution in [3.63, 3.8) is 0 Å². The molecule has 0 N–H and O–H groups in total. The zero-order valence-electron chi connectivity index (χ0n) is 39.9. The molecule has 0 aliphatic carbocycles. The van der Waals surface area contributed by atoms with Gasteiger partial charge in [-0.2, -0.15) is 0 Å². The van der Waals surface area contributed by atoms with Gasteiger partial charge in [-0.15, -0.1) is 21.9 Å². The lowest BCUT2D eigenvalue weighted by molar-refractivity contribution is 0.0271. The topological polar surface area (TPSA) is 36.9 Å². The third-order valence-corrected chi connectivity index (χ3v) is 17.5. The van der Waals surface area contributed by atoms with Crippen LogP contribution in [0.4, 0.5) is 52.7 Å². The van der Waals surface area contributed by atoms with Gasteiger partial charge in [0.2, 0.25) is 4.90 Å². The first-order valence-corrected chi connectivity index (χ1v) is 27.0. The van der Waals surface area contributed by atoms with E-state index in [1.54, 1.807) is 0 Å². The van der Waals surface area contributed by atoms with Gasteiger partial charge in [-0.1, -0.05) is 160 Å². The summed E-state index contributed by atoms with van der Waals surface area (Å²) in [7, 11) is -0.251. The Labute approximate surface area is 491 Å². The molecule has 26 heteroatoms. The molecule has 0 unspecified atom stereocenters. The summed E-state index contributed by atoms with van der Waals surface area (Å²) in [4.78, 5) is 3.70. The molecular formula is C54H31BCl8F12O4S. The van der Waals surface area contributed by atoms with Gasteiger partial charge in [-0.3, -0.25) is 0 Å². The van der Waals surface area contributed by atoms with Crippen LogP contribution in [0, 0.1) is 69.8 Å². The lowest BCUT2D eigenvalue weighted by atomic mass is 9.12. The van der Waals surface area contributed by atoms with Crippen LogP contribution in [0.5, 0.6) is 11.5 Å². The quantitative estimate of drug-likeness (QED) is 0.0214. The minimum Gasteiger partial charge on any atom is -0.491 e. The zero-order chi connectivity index (χ0) is 58.3. The first kappa shape index (κ1) is 62.8. The maximum atomic E-state index is 16.0. The van der Waals surface area contributed by atoms with Crippen molar-refractivity contribution >= 4 is 132 Å². The van der Waals surface area contributed by atoms with E-state index in [1.807, 2.05) is 42.5 Å². The maximum absolute atomic E-state index is 16.0. The normalized spacial score (nSPS) is 11.5.